The van der Waals surface area contributed by atoms with Gasteiger partial charge in [0, 0.05) is 6.08 Å². The van der Waals surface area contributed by atoms with E-state index in [1.807, 2.05) is 30.3 Å². The molecule has 1 saturated heterocycles. The van der Waals surface area contributed by atoms with E-state index in [9.17, 15) is 4.79 Å². The van der Waals surface area contributed by atoms with Crippen LogP contribution in [-0.2, 0) is 9.53 Å². The maximum absolute atomic E-state index is 10.4. The molecule has 16 heavy (non-hydrogen) atoms. The zero-order valence-electron chi connectivity index (χ0n) is 8.58. The second-order valence-corrected chi connectivity index (χ2v) is 3.46. The van der Waals surface area contributed by atoms with Crippen molar-refractivity contribution in [2.24, 2.45) is 0 Å². The van der Waals surface area contributed by atoms with Crippen molar-refractivity contribution in [3.05, 3.63) is 42.5 Å². The van der Waals surface area contributed by atoms with Crippen LogP contribution < -0.4 is 4.74 Å². The van der Waals surface area contributed by atoms with Crippen LogP contribution in [0, 0.1) is 0 Å². The molecule has 0 bridgehead atoms. The summed E-state index contributed by atoms with van der Waals surface area (Å²) in [7, 11) is 0. The minimum absolute atomic E-state index is 0.0317. The fraction of sp³-hybridized carbons (Fsp3) is 0.250. The molecule has 1 aliphatic rings. The highest BCUT2D eigenvalue weighted by Gasteiger charge is 2.32. The Morgan fingerprint density at radius 2 is 2.19 bits per heavy atom. The van der Waals surface area contributed by atoms with Crippen LogP contribution >= 0.6 is 0 Å². The number of hydrogen-bond donors (Lipinski definition) is 1. The molecule has 1 aromatic rings. The molecular formula is C12H12O4. The molecule has 0 amide bonds. The number of rotatable bonds is 5. The summed E-state index contributed by atoms with van der Waals surface area (Å²) in [5.41, 5.74) is 0. The second kappa shape index (κ2) is 4.81. The average Bonchev–Trinajstić information content (AvgIpc) is 3.09. The summed E-state index contributed by atoms with van der Waals surface area (Å²) >= 11 is 0. The first kappa shape index (κ1) is 10.7. The Labute approximate surface area is 93.1 Å². The van der Waals surface area contributed by atoms with Crippen molar-refractivity contribution in [3.63, 3.8) is 0 Å². The number of epoxide rings is 1. The molecule has 0 aromatic heterocycles. The minimum atomic E-state index is -0.984. The van der Waals surface area contributed by atoms with Gasteiger partial charge in [-0.3, -0.25) is 0 Å². The largest absolute Gasteiger partial charge is 0.484 e. The molecule has 2 atom stereocenters. The van der Waals surface area contributed by atoms with E-state index in [0.29, 0.717) is 12.4 Å². The molecule has 0 spiro atoms. The molecule has 4 nitrogen and oxygen atoms in total. The van der Waals surface area contributed by atoms with Crippen molar-refractivity contribution in [3.8, 4) is 5.75 Å². The zero-order chi connectivity index (χ0) is 11.4. The summed E-state index contributed by atoms with van der Waals surface area (Å²) in [4.78, 5) is 10.4. The Bertz CT molecular complexity index is 381. The Morgan fingerprint density at radius 3 is 2.75 bits per heavy atom. The molecule has 0 saturated carbocycles. The molecule has 2 rings (SSSR count). The van der Waals surface area contributed by atoms with E-state index < -0.39 is 5.97 Å². The monoisotopic (exact) mass is 220 g/mol. The lowest BCUT2D eigenvalue weighted by Crippen LogP contribution is -2.20. The number of para-hydroxylation sites is 1. The van der Waals surface area contributed by atoms with E-state index in [2.05, 4.69) is 0 Å². The molecule has 84 valence electrons. The topological polar surface area (TPSA) is 59.1 Å². The van der Waals surface area contributed by atoms with E-state index in [1.54, 1.807) is 0 Å². The van der Waals surface area contributed by atoms with E-state index >= 15 is 0 Å². The van der Waals surface area contributed by atoms with Gasteiger partial charge in [0.1, 0.15) is 18.0 Å². The van der Waals surface area contributed by atoms with Gasteiger partial charge >= 0.3 is 5.97 Å². The molecule has 0 radical (unpaired) electrons. The third kappa shape index (κ3) is 3.10. The lowest BCUT2D eigenvalue weighted by Gasteiger charge is -2.12. The van der Waals surface area contributed by atoms with Gasteiger partial charge in [-0.25, -0.2) is 4.79 Å². The highest BCUT2D eigenvalue weighted by molar-refractivity contribution is 5.79. The van der Waals surface area contributed by atoms with E-state index in [1.165, 1.54) is 6.08 Å². The van der Waals surface area contributed by atoms with Crippen LogP contribution in [0.3, 0.4) is 0 Å². The van der Waals surface area contributed by atoms with Crippen molar-refractivity contribution in [2.45, 2.75) is 12.2 Å². The summed E-state index contributed by atoms with van der Waals surface area (Å²) in [6.07, 6.45) is 2.22. The minimum Gasteiger partial charge on any atom is -0.484 e. The zero-order valence-corrected chi connectivity index (χ0v) is 8.58. The first-order valence-electron chi connectivity index (χ1n) is 5.00. The van der Waals surface area contributed by atoms with Crippen molar-refractivity contribution in [1.29, 1.82) is 0 Å². The standard InChI is InChI=1S/C12H12O4/c13-12(14)7-6-10(11-8-15-11)16-9-4-2-1-3-5-9/h1-7,10-11H,8H2,(H,13,14). The molecule has 1 N–H and O–H groups in total. The summed E-state index contributed by atoms with van der Waals surface area (Å²) in [6, 6.07) is 9.26. The third-order valence-electron chi connectivity index (χ3n) is 2.17. The average molecular weight is 220 g/mol. The van der Waals surface area contributed by atoms with E-state index in [-0.39, 0.29) is 12.2 Å². The molecule has 0 aliphatic carbocycles. The quantitative estimate of drug-likeness (QED) is 0.603. The number of carbonyl (C=O) groups is 1. The van der Waals surface area contributed by atoms with Gasteiger partial charge in [0.25, 0.3) is 0 Å². The van der Waals surface area contributed by atoms with Gasteiger partial charge in [0.15, 0.2) is 0 Å². The highest BCUT2D eigenvalue weighted by atomic mass is 16.6. The number of carboxylic acid groups (broad SMARTS) is 1. The predicted molar refractivity (Wildman–Crippen MR) is 57.4 cm³/mol. The molecule has 1 aromatic carbocycles. The Kier molecular flexibility index (Phi) is 3.22. The van der Waals surface area contributed by atoms with E-state index in [4.69, 9.17) is 14.6 Å². The maximum atomic E-state index is 10.4. The molecule has 4 heteroatoms. The van der Waals surface area contributed by atoms with Crippen LogP contribution in [0.1, 0.15) is 0 Å². The summed E-state index contributed by atoms with van der Waals surface area (Å²) in [6.45, 7) is 0.613. The van der Waals surface area contributed by atoms with Gasteiger partial charge < -0.3 is 14.6 Å². The Balaban J connectivity index is 2.00. The Hall–Kier alpha value is -1.81. The second-order valence-electron chi connectivity index (χ2n) is 3.46. The molecule has 2 unspecified atom stereocenters. The van der Waals surface area contributed by atoms with Gasteiger partial charge in [-0.15, -0.1) is 0 Å². The van der Waals surface area contributed by atoms with Crippen LogP contribution in [0.25, 0.3) is 0 Å². The van der Waals surface area contributed by atoms with Crippen LogP contribution in [0.4, 0.5) is 0 Å². The van der Waals surface area contributed by atoms with Gasteiger partial charge in [-0.05, 0) is 18.2 Å². The van der Waals surface area contributed by atoms with Crippen molar-refractivity contribution in [1.82, 2.24) is 0 Å². The molecule has 1 fully saturated rings. The number of hydrogen-bond acceptors (Lipinski definition) is 3. The summed E-state index contributed by atoms with van der Waals surface area (Å²) < 4.78 is 10.7. The van der Waals surface area contributed by atoms with Gasteiger partial charge in [-0.1, -0.05) is 18.2 Å². The van der Waals surface area contributed by atoms with Crippen molar-refractivity contribution in [2.75, 3.05) is 6.61 Å². The van der Waals surface area contributed by atoms with Gasteiger partial charge in [0.05, 0.1) is 6.61 Å². The first-order valence-corrected chi connectivity index (χ1v) is 5.00. The fourth-order valence-corrected chi connectivity index (χ4v) is 1.32. The predicted octanol–water partition coefficient (Wildman–Crippen LogP) is 1.47. The fourth-order valence-electron chi connectivity index (χ4n) is 1.32. The highest BCUT2D eigenvalue weighted by Crippen LogP contribution is 2.21. The molecule has 1 heterocycles. The molecular weight excluding hydrogens is 208 g/mol. The maximum Gasteiger partial charge on any atom is 0.328 e. The first-order chi connectivity index (χ1) is 7.75. The third-order valence-corrected chi connectivity index (χ3v) is 2.17. The SMILES string of the molecule is O=C(O)C=CC(Oc1ccccc1)C1CO1. The van der Waals surface area contributed by atoms with Crippen molar-refractivity contribution >= 4 is 5.97 Å². The summed E-state index contributed by atoms with van der Waals surface area (Å²) in [5.74, 6) is -0.277. The summed E-state index contributed by atoms with van der Waals surface area (Å²) in [5, 5.41) is 8.55. The van der Waals surface area contributed by atoms with E-state index in [0.717, 1.165) is 6.08 Å². The molecule has 1 aliphatic heterocycles. The Morgan fingerprint density at radius 1 is 1.50 bits per heavy atom. The number of carboxylic acids is 1. The van der Waals surface area contributed by atoms with Crippen molar-refractivity contribution < 1.29 is 19.4 Å². The van der Waals surface area contributed by atoms with Crippen LogP contribution in [0.5, 0.6) is 5.75 Å². The number of aliphatic carboxylic acids is 1. The lowest BCUT2D eigenvalue weighted by atomic mass is 10.2. The van der Waals surface area contributed by atoms with Gasteiger partial charge in [-0.2, -0.15) is 0 Å². The lowest BCUT2D eigenvalue weighted by molar-refractivity contribution is -0.131. The number of benzene rings is 1. The van der Waals surface area contributed by atoms with Gasteiger partial charge in [0.2, 0.25) is 0 Å². The smallest absolute Gasteiger partial charge is 0.328 e. The number of ether oxygens (including phenoxy) is 2. The van der Waals surface area contributed by atoms with Crippen LogP contribution in [-0.4, -0.2) is 29.9 Å². The van der Waals surface area contributed by atoms with Crippen LogP contribution in [0.2, 0.25) is 0 Å². The normalized spacial score (nSPS) is 20.6. The van der Waals surface area contributed by atoms with Crippen LogP contribution in [0.15, 0.2) is 42.5 Å².